The van der Waals surface area contributed by atoms with E-state index in [1.54, 1.807) is 39.0 Å². The molecule has 0 bridgehead atoms. The third kappa shape index (κ3) is 4.97. The van der Waals surface area contributed by atoms with Gasteiger partial charge < -0.3 is 15.4 Å². The summed E-state index contributed by atoms with van der Waals surface area (Å²) in [6.45, 7) is 6.34. The molecule has 0 saturated carbocycles. The quantitative estimate of drug-likeness (QED) is 0.496. The van der Waals surface area contributed by atoms with Crippen LogP contribution in [-0.4, -0.2) is 36.7 Å². The monoisotopic (exact) mass is 366 g/mol. The van der Waals surface area contributed by atoms with E-state index in [-0.39, 0.29) is 5.70 Å². The third-order valence-electron chi connectivity index (χ3n) is 3.18. The molecule has 136 valence electrons. The van der Waals surface area contributed by atoms with Gasteiger partial charge in [-0.3, -0.25) is 4.79 Å². The van der Waals surface area contributed by atoms with Crippen LogP contribution < -0.4 is 10.6 Å². The van der Waals surface area contributed by atoms with Crippen molar-refractivity contribution in [2.75, 3.05) is 0 Å². The van der Waals surface area contributed by atoms with Gasteiger partial charge in [-0.15, -0.1) is 6.42 Å². The van der Waals surface area contributed by atoms with Gasteiger partial charge in [0.2, 0.25) is 4.75 Å². The molecule has 1 aliphatic rings. The topological polar surface area (TPSA) is 102 Å². The lowest BCUT2D eigenvalue weighted by atomic mass is 9.94. The van der Waals surface area contributed by atoms with Crippen LogP contribution in [0, 0.1) is 12.3 Å². The summed E-state index contributed by atoms with van der Waals surface area (Å²) in [6.07, 6.45) is 12.3. The first-order chi connectivity index (χ1) is 11.5. The van der Waals surface area contributed by atoms with Gasteiger partial charge in [0, 0.05) is 6.20 Å². The van der Waals surface area contributed by atoms with E-state index in [1.807, 2.05) is 0 Å². The van der Waals surface area contributed by atoms with Crippen LogP contribution in [0.4, 0.5) is 4.79 Å². The number of rotatable bonds is 5. The number of hydrogen-bond acceptors (Lipinski definition) is 6. The van der Waals surface area contributed by atoms with E-state index in [0.717, 1.165) is 0 Å². The maximum Gasteiger partial charge on any atom is 0.408 e. The Balaban J connectivity index is 3.16. The highest BCUT2D eigenvalue weighted by Gasteiger charge is 2.47. The predicted octanol–water partition coefficient (Wildman–Crippen LogP) is 1.01. The Morgan fingerprint density at radius 3 is 2.44 bits per heavy atom. The van der Waals surface area contributed by atoms with Gasteiger partial charge in [0.25, 0.3) is 0 Å². The summed E-state index contributed by atoms with van der Waals surface area (Å²) < 4.78 is 26.7. The summed E-state index contributed by atoms with van der Waals surface area (Å²) in [5.74, 6) is 1.22. The number of ether oxygens (including phenoxy) is 1. The summed E-state index contributed by atoms with van der Waals surface area (Å²) in [7, 11) is -3.38. The Hall–Kier alpha value is -2.53. The number of Topliss-reactive ketones (excluding diaryl/α,β-unsaturated/α-hetero) is 1. The molecule has 1 unspecified atom stereocenters. The second-order valence-corrected chi connectivity index (χ2v) is 7.50. The Morgan fingerprint density at radius 2 is 1.92 bits per heavy atom. The number of nitrogens with one attached hydrogen (secondary N) is 2. The molecule has 0 aromatic carbocycles. The molecule has 1 aliphatic heterocycles. The van der Waals surface area contributed by atoms with E-state index in [0.29, 0.717) is 0 Å². The van der Waals surface area contributed by atoms with E-state index in [1.165, 1.54) is 19.2 Å². The first kappa shape index (κ1) is 20.5. The van der Waals surface area contributed by atoms with E-state index in [9.17, 15) is 18.0 Å². The highest BCUT2D eigenvalue weighted by molar-refractivity contribution is 7.75. The van der Waals surface area contributed by atoms with Gasteiger partial charge in [-0.2, -0.15) is 0 Å². The first-order valence-corrected chi connectivity index (χ1v) is 8.69. The van der Waals surface area contributed by atoms with Crippen LogP contribution in [0.5, 0.6) is 0 Å². The van der Waals surface area contributed by atoms with Crippen molar-refractivity contribution in [3.8, 4) is 12.3 Å². The van der Waals surface area contributed by atoms with Crippen molar-refractivity contribution in [3.63, 3.8) is 0 Å². The number of alkyl carbamates (subject to hydrolysis) is 1. The van der Waals surface area contributed by atoms with Crippen LogP contribution in [0.2, 0.25) is 0 Å². The van der Waals surface area contributed by atoms with Gasteiger partial charge in [-0.1, -0.05) is 18.1 Å². The fraction of sp³-hybridized carbons (Fsp3) is 0.412. The number of hydrogen-bond donors (Lipinski definition) is 3. The largest absolute Gasteiger partial charge is 0.444 e. The number of terminal acetylenes is 1. The molecule has 7 nitrogen and oxygen atoms in total. The van der Waals surface area contributed by atoms with Crippen molar-refractivity contribution in [3.05, 3.63) is 36.2 Å². The zero-order valence-electron chi connectivity index (χ0n) is 14.5. The fourth-order valence-corrected chi connectivity index (χ4v) is 2.88. The SMILES string of the molecule is C#CC(C(=O)[C@H](C)NC(=O)OC(C)(C)C)(C1=CC=CC=CN1)[SH](=O)=O. The van der Waals surface area contributed by atoms with Gasteiger partial charge in [0.05, 0.1) is 11.7 Å². The highest BCUT2D eigenvalue weighted by Crippen LogP contribution is 2.23. The average Bonchev–Trinajstić information content (AvgIpc) is 2.75. The van der Waals surface area contributed by atoms with Crippen LogP contribution in [0.1, 0.15) is 27.7 Å². The zero-order chi connectivity index (χ0) is 19.3. The third-order valence-corrected chi connectivity index (χ3v) is 4.31. The number of amides is 1. The Bertz CT molecular complexity index is 742. The molecule has 0 saturated heterocycles. The summed E-state index contributed by atoms with van der Waals surface area (Å²) in [5.41, 5.74) is -0.750. The maximum absolute atomic E-state index is 12.8. The molecule has 0 radical (unpaired) electrons. The molecule has 1 amide bonds. The predicted molar refractivity (Wildman–Crippen MR) is 95.2 cm³/mol. The molecular formula is C17H22N2O5S. The second kappa shape index (κ2) is 8.03. The van der Waals surface area contributed by atoms with Gasteiger partial charge in [0.15, 0.2) is 16.5 Å². The van der Waals surface area contributed by atoms with Crippen molar-refractivity contribution in [1.82, 2.24) is 10.6 Å². The van der Waals surface area contributed by atoms with Gasteiger partial charge in [0.1, 0.15) is 5.60 Å². The summed E-state index contributed by atoms with van der Waals surface area (Å²) in [5, 5.41) is 5.03. The van der Waals surface area contributed by atoms with Crippen LogP contribution in [0.15, 0.2) is 36.2 Å². The number of ketones is 1. The second-order valence-electron chi connectivity index (χ2n) is 6.31. The molecule has 0 spiro atoms. The standard InChI is InChI=1S/C17H22N2O5S/c1-6-17(25(22)23,13-10-8-7-9-11-18-13)14(20)12(2)19-15(21)24-16(3,4)5/h1,7-12,18,25H,2-5H3,(H,19,21)/t12-,17?/m0/s1. The Labute approximate surface area is 149 Å². The number of carbonyl (C=O) groups is 2. The smallest absolute Gasteiger partial charge is 0.408 e. The van der Waals surface area contributed by atoms with E-state index in [2.05, 4.69) is 16.6 Å². The summed E-state index contributed by atoms with van der Waals surface area (Å²) >= 11 is 0. The van der Waals surface area contributed by atoms with Crippen LogP contribution in [-0.2, 0) is 20.2 Å². The molecule has 1 rings (SSSR count). The summed E-state index contributed by atoms with van der Waals surface area (Å²) in [4.78, 5) is 24.7. The van der Waals surface area contributed by atoms with Gasteiger partial charge >= 0.3 is 6.09 Å². The van der Waals surface area contributed by atoms with Crippen molar-refractivity contribution >= 4 is 22.6 Å². The fourth-order valence-electron chi connectivity index (χ4n) is 2.07. The van der Waals surface area contributed by atoms with Gasteiger partial charge in [-0.05, 0) is 39.8 Å². The molecule has 0 aromatic rings. The normalized spacial score (nSPS) is 17.4. The molecule has 2 N–H and O–H groups in total. The first-order valence-electron chi connectivity index (χ1n) is 7.51. The zero-order valence-corrected chi connectivity index (χ0v) is 15.4. The minimum Gasteiger partial charge on any atom is -0.444 e. The van der Waals surface area contributed by atoms with Crippen molar-refractivity contribution in [2.45, 2.75) is 44.1 Å². The van der Waals surface area contributed by atoms with Gasteiger partial charge in [-0.25, -0.2) is 13.2 Å². The molecule has 0 fully saturated rings. The molecule has 0 aliphatic carbocycles. The molecule has 2 atom stereocenters. The minimum absolute atomic E-state index is 0.0129. The maximum atomic E-state index is 12.8. The summed E-state index contributed by atoms with van der Waals surface area (Å²) in [6, 6.07) is -1.18. The van der Waals surface area contributed by atoms with Crippen molar-refractivity contribution in [1.29, 1.82) is 0 Å². The molecular weight excluding hydrogens is 344 g/mol. The average molecular weight is 366 g/mol. The molecule has 8 heteroatoms. The molecule has 0 aromatic heterocycles. The van der Waals surface area contributed by atoms with Crippen LogP contribution >= 0.6 is 0 Å². The molecule has 25 heavy (non-hydrogen) atoms. The lowest BCUT2D eigenvalue weighted by Crippen LogP contribution is -2.54. The highest BCUT2D eigenvalue weighted by atomic mass is 32.2. The minimum atomic E-state index is -3.38. The lowest BCUT2D eigenvalue weighted by molar-refractivity contribution is -0.121. The van der Waals surface area contributed by atoms with Crippen molar-refractivity contribution < 1.29 is 22.7 Å². The van der Waals surface area contributed by atoms with E-state index < -0.39 is 39.0 Å². The Kier molecular flexibility index (Phi) is 6.59. The number of allylic oxidation sites excluding steroid dienone is 4. The number of thiol groups is 1. The van der Waals surface area contributed by atoms with Crippen LogP contribution in [0.3, 0.4) is 0 Å². The van der Waals surface area contributed by atoms with E-state index >= 15 is 0 Å². The molecule has 1 heterocycles. The van der Waals surface area contributed by atoms with E-state index in [4.69, 9.17) is 11.2 Å². The lowest BCUT2D eigenvalue weighted by Gasteiger charge is -2.28. The Morgan fingerprint density at radius 1 is 1.28 bits per heavy atom. The van der Waals surface area contributed by atoms with Crippen molar-refractivity contribution in [2.24, 2.45) is 0 Å². The van der Waals surface area contributed by atoms with Crippen LogP contribution in [0.25, 0.3) is 0 Å². The number of carbonyl (C=O) groups excluding carboxylic acids is 2.